The Kier molecular flexibility index (Phi) is 8.37. The summed E-state index contributed by atoms with van der Waals surface area (Å²) in [7, 11) is 0. The summed E-state index contributed by atoms with van der Waals surface area (Å²) in [4.78, 5) is 27.8. The van der Waals surface area contributed by atoms with Crippen molar-refractivity contribution in [3.05, 3.63) is 41.5 Å². The molecule has 3 rings (SSSR count). The lowest BCUT2D eigenvalue weighted by Crippen LogP contribution is -2.60. The average Bonchev–Trinajstić information content (AvgIpc) is 2.79. The van der Waals surface area contributed by atoms with Crippen LogP contribution < -0.4 is 5.32 Å². The smallest absolute Gasteiger partial charge is 0.411 e. The Hall–Kier alpha value is -2.85. The van der Waals surface area contributed by atoms with Gasteiger partial charge in [0.1, 0.15) is 17.7 Å². The van der Waals surface area contributed by atoms with Gasteiger partial charge in [-0.3, -0.25) is 9.69 Å². The molecule has 0 aliphatic carbocycles. The van der Waals surface area contributed by atoms with Gasteiger partial charge in [0.25, 0.3) is 0 Å². The summed E-state index contributed by atoms with van der Waals surface area (Å²) in [6.07, 6.45) is 4.53. The molecule has 1 aromatic rings. The molecule has 1 fully saturated rings. The number of nitrogens with zero attached hydrogens (tertiary/aromatic N) is 2. The van der Waals surface area contributed by atoms with E-state index in [9.17, 15) is 14.9 Å². The Labute approximate surface area is 203 Å². The van der Waals surface area contributed by atoms with E-state index in [0.29, 0.717) is 13.0 Å². The fourth-order valence-corrected chi connectivity index (χ4v) is 4.61. The molecule has 7 nitrogen and oxygen atoms in total. The first-order valence-electron chi connectivity index (χ1n) is 12.2. The lowest BCUT2D eigenvalue weighted by atomic mass is 9.86. The number of carbonyl (C=O) groups is 2. The number of nitrogens with one attached hydrogen (secondary N) is 1. The minimum absolute atomic E-state index is 0.0323. The van der Waals surface area contributed by atoms with Crippen molar-refractivity contribution in [2.45, 2.75) is 84.0 Å². The Morgan fingerprint density at radius 3 is 2.53 bits per heavy atom. The van der Waals surface area contributed by atoms with Crippen molar-refractivity contribution in [1.82, 2.24) is 10.2 Å². The summed E-state index contributed by atoms with van der Waals surface area (Å²) < 4.78 is 11.0. The second-order valence-corrected chi connectivity index (χ2v) is 10.4. The lowest BCUT2D eigenvalue weighted by molar-refractivity contribution is -0.131. The van der Waals surface area contributed by atoms with Gasteiger partial charge < -0.3 is 14.8 Å². The van der Waals surface area contributed by atoms with E-state index in [0.717, 1.165) is 37.0 Å². The van der Waals surface area contributed by atoms with Crippen LogP contribution in [0, 0.1) is 17.2 Å². The maximum atomic E-state index is 13.3. The highest BCUT2D eigenvalue weighted by atomic mass is 16.6. The zero-order chi connectivity index (χ0) is 24.9. The van der Waals surface area contributed by atoms with Crippen molar-refractivity contribution in [2.75, 3.05) is 13.2 Å². The molecule has 0 aromatic heterocycles. The quantitative estimate of drug-likeness (QED) is 0.690. The van der Waals surface area contributed by atoms with Gasteiger partial charge in [-0.25, -0.2) is 4.79 Å². The molecule has 0 spiro atoms. The molecule has 1 saturated heterocycles. The number of nitriles is 1. The highest BCUT2D eigenvalue weighted by molar-refractivity contribution is 5.87. The van der Waals surface area contributed by atoms with Crippen LogP contribution in [0.3, 0.4) is 0 Å². The first kappa shape index (κ1) is 25.8. The zero-order valence-electron chi connectivity index (χ0n) is 21.0. The van der Waals surface area contributed by atoms with E-state index in [4.69, 9.17) is 9.47 Å². The van der Waals surface area contributed by atoms with E-state index in [-0.39, 0.29) is 17.9 Å². The third kappa shape index (κ3) is 6.60. The summed E-state index contributed by atoms with van der Waals surface area (Å²) >= 11 is 0. The van der Waals surface area contributed by atoms with Crippen LogP contribution in [0.5, 0.6) is 0 Å². The third-order valence-electron chi connectivity index (χ3n) is 6.43. The van der Waals surface area contributed by atoms with Crippen LogP contribution in [0.25, 0.3) is 5.57 Å². The van der Waals surface area contributed by atoms with Gasteiger partial charge in [-0.1, -0.05) is 37.3 Å². The predicted molar refractivity (Wildman–Crippen MR) is 131 cm³/mol. The number of carbonyl (C=O) groups excluding carboxylic acids is 2. The maximum Gasteiger partial charge on any atom is 0.411 e. The van der Waals surface area contributed by atoms with E-state index < -0.39 is 23.8 Å². The SMILES string of the molecule is C[C@@H]1CC[C@H](C)N(C(=O)OC(C)(C)C)[C@@H]1C(=O)N[C@H](C#N)Cc1ccc(C2=CCOCC2)cc1. The highest BCUT2D eigenvalue weighted by Crippen LogP contribution is 2.30. The fraction of sp³-hybridized carbons (Fsp3) is 0.593. The molecule has 0 bridgehead atoms. The Balaban J connectivity index is 1.69. The Bertz CT molecular complexity index is 942. The number of ether oxygens (including phenoxy) is 2. The third-order valence-corrected chi connectivity index (χ3v) is 6.43. The Morgan fingerprint density at radius 2 is 1.94 bits per heavy atom. The number of amides is 2. The number of hydrogen-bond donors (Lipinski definition) is 1. The van der Waals surface area contributed by atoms with E-state index in [1.807, 2.05) is 46.8 Å². The van der Waals surface area contributed by atoms with Crippen molar-refractivity contribution in [3.63, 3.8) is 0 Å². The number of benzene rings is 1. The normalized spacial score (nSPS) is 23.9. The standard InChI is InChI=1S/C27H37N3O4/c1-18-6-7-19(2)30(26(32)34-27(3,4)5)24(18)25(31)29-23(17-28)16-20-8-10-21(11-9-20)22-12-14-33-15-13-22/h8-12,18-19,23-24H,6-7,13-16H2,1-5H3,(H,29,31)/t18-,19+,23+,24+/m1/s1. The van der Waals surface area contributed by atoms with Gasteiger partial charge in [0.05, 0.1) is 19.3 Å². The van der Waals surface area contributed by atoms with Crippen LogP contribution >= 0.6 is 0 Å². The van der Waals surface area contributed by atoms with Crippen LogP contribution in [0.15, 0.2) is 30.3 Å². The van der Waals surface area contributed by atoms with Crippen LogP contribution in [0.4, 0.5) is 4.79 Å². The van der Waals surface area contributed by atoms with Crippen molar-refractivity contribution in [2.24, 2.45) is 5.92 Å². The second kappa shape index (κ2) is 11.1. The van der Waals surface area contributed by atoms with E-state index in [1.165, 1.54) is 5.57 Å². The van der Waals surface area contributed by atoms with E-state index in [2.05, 4.69) is 29.6 Å². The topological polar surface area (TPSA) is 91.7 Å². The highest BCUT2D eigenvalue weighted by Gasteiger charge is 2.42. The molecule has 4 atom stereocenters. The van der Waals surface area contributed by atoms with E-state index >= 15 is 0 Å². The summed E-state index contributed by atoms with van der Waals surface area (Å²) in [6, 6.07) is 8.85. The molecule has 2 aliphatic rings. The van der Waals surface area contributed by atoms with Gasteiger partial charge in [0, 0.05) is 12.5 Å². The van der Waals surface area contributed by atoms with Crippen molar-refractivity contribution in [3.8, 4) is 6.07 Å². The van der Waals surface area contributed by atoms with Gasteiger partial charge in [0.15, 0.2) is 0 Å². The van der Waals surface area contributed by atoms with Crippen LogP contribution in [0.2, 0.25) is 0 Å². The van der Waals surface area contributed by atoms with Crippen LogP contribution in [-0.2, 0) is 20.7 Å². The average molecular weight is 468 g/mol. The van der Waals surface area contributed by atoms with Crippen LogP contribution in [-0.4, -0.2) is 53.8 Å². The largest absolute Gasteiger partial charge is 0.444 e. The van der Waals surface area contributed by atoms with Gasteiger partial charge in [-0.15, -0.1) is 0 Å². The molecule has 1 aromatic carbocycles. The summed E-state index contributed by atoms with van der Waals surface area (Å²) in [5.41, 5.74) is 2.74. The fourth-order valence-electron chi connectivity index (χ4n) is 4.61. The van der Waals surface area contributed by atoms with Crippen molar-refractivity contribution in [1.29, 1.82) is 5.26 Å². The molecule has 2 heterocycles. The molecule has 34 heavy (non-hydrogen) atoms. The number of rotatable bonds is 5. The maximum absolute atomic E-state index is 13.3. The molecule has 0 saturated carbocycles. The summed E-state index contributed by atoms with van der Waals surface area (Å²) in [5.74, 6) is -0.337. The number of likely N-dealkylation sites (tertiary alicyclic amines) is 1. The second-order valence-electron chi connectivity index (χ2n) is 10.4. The first-order valence-corrected chi connectivity index (χ1v) is 12.2. The lowest BCUT2D eigenvalue weighted by Gasteiger charge is -2.43. The minimum Gasteiger partial charge on any atom is -0.444 e. The molecule has 0 radical (unpaired) electrons. The van der Waals surface area contributed by atoms with Crippen LogP contribution in [0.1, 0.15) is 65.0 Å². The van der Waals surface area contributed by atoms with Gasteiger partial charge in [-0.2, -0.15) is 5.26 Å². The molecule has 2 amide bonds. The van der Waals surface area contributed by atoms with E-state index in [1.54, 1.807) is 4.90 Å². The van der Waals surface area contributed by atoms with Gasteiger partial charge in [-0.05, 0) is 69.6 Å². The predicted octanol–water partition coefficient (Wildman–Crippen LogP) is 4.47. The molecular weight excluding hydrogens is 430 g/mol. The number of hydrogen-bond acceptors (Lipinski definition) is 5. The summed E-state index contributed by atoms with van der Waals surface area (Å²) in [5, 5.41) is 12.6. The molecule has 1 N–H and O–H groups in total. The molecular formula is C27H37N3O4. The first-order chi connectivity index (χ1) is 16.1. The zero-order valence-corrected chi connectivity index (χ0v) is 21.0. The minimum atomic E-state index is -0.689. The Morgan fingerprint density at radius 1 is 1.24 bits per heavy atom. The molecule has 0 unspecified atom stereocenters. The summed E-state index contributed by atoms with van der Waals surface area (Å²) in [6.45, 7) is 10.7. The molecule has 184 valence electrons. The van der Waals surface area contributed by atoms with Gasteiger partial charge in [0.2, 0.25) is 5.91 Å². The van der Waals surface area contributed by atoms with Crippen molar-refractivity contribution >= 4 is 17.6 Å². The van der Waals surface area contributed by atoms with Gasteiger partial charge >= 0.3 is 6.09 Å². The van der Waals surface area contributed by atoms with Crippen molar-refractivity contribution < 1.29 is 19.1 Å². The number of piperidine rings is 1. The monoisotopic (exact) mass is 467 g/mol. The molecule has 2 aliphatic heterocycles. The molecule has 7 heteroatoms.